The number of halogens is 1. The van der Waals surface area contributed by atoms with Gasteiger partial charge in [0, 0.05) is 18.6 Å². The first kappa shape index (κ1) is 17.7. The lowest BCUT2D eigenvalue weighted by atomic mass is 9.92. The van der Waals surface area contributed by atoms with Crippen molar-refractivity contribution < 1.29 is 4.79 Å². The van der Waals surface area contributed by atoms with Crippen LogP contribution in [0.1, 0.15) is 51.9 Å². The van der Waals surface area contributed by atoms with Crippen molar-refractivity contribution in [3.05, 3.63) is 0 Å². The van der Waals surface area contributed by atoms with Crippen molar-refractivity contribution in [2.24, 2.45) is 11.7 Å². The monoisotopic (exact) mass is 303 g/mol. The third-order valence-corrected chi connectivity index (χ3v) is 4.69. The maximum atomic E-state index is 12.1. The molecule has 2 atom stereocenters. The van der Waals surface area contributed by atoms with E-state index in [1.54, 1.807) is 0 Å². The Kier molecular flexibility index (Phi) is 7.85. The van der Waals surface area contributed by atoms with Crippen molar-refractivity contribution in [2.45, 2.75) is 64.0 Å². The van der Waals surface area contributed by atoms with Gasteiger partial charge >= 0.3 is 0 Å². The largest absolute Gasteiger partial charge is 0.352 e. The number of amides is 1. The number of likely N-dealkylation sites (tertiary alicyclic amines) is 1. The SMILES string of the molecule is CC1CCN(CC(=O)NC2CCCCC2)C(CN)C1.Cl. The van der Waals surface area contributed by atoms with E-state index in [1.807, 2.05) is 0 Å². The minimum atomic E-state index is 0. The molecule has 0 spiro atoms. The zero-order valence-electron chi connectivity index (χ0n) is 12.6. The first-order valence-corrected chi connectivity index (χ1v) is 7.92. The van der Waals surface area contributed by atoms with Gasteiger partial charge in [0.25, 0.3) is 0 Å². The van der Waals surface area contributed by atoms with Gasteiger partial charge in [-0.3, -0.25) is 9.69 Å². The van der Waals surface area contributed by atoms with Gasteiger partial charge in [-0.2, -0.15) is 0 Å². The third-order valence-electron chi connectivity index (χ3n) is 4.69. The number of carbonyl (C=O) groups excluding carboxylic acids is 1. The minimum absolute atomic E-state index is 0. The number of piperidine rings is 1. The van der Waals surface area contributed by atoms with E-state index in [0.717, 1.165) is 31.7 Å². The Hall–Kier alpha value is -0.320. The average molecular weight is 304 g/mol. The number of hydrogen-bond donors (Lipinski definition) is 2. The Morgan fingerprint density at radius 1 is 1.25 bits per heavy atom. The smallest absolute Gasteiger partial charge is 0.234 e. The van der Waals surface area contributed by atoms with E-state index in [1.165, 1.54) is 25.7 Å². The van der Waals surface area contributed by atoms with Crippen LogP contribution in [0.5, 0.6) is 0 Å². The highest BCUT2D eigenvalue weighted by Crippen LogP contribution is 2.22. The number of hydrogen-bond acceptors (Lipinski definition) is 3. The van der Waals surface area contributed by atoms with Gasteiger partial charge in [-0.05, 0) is 38.1 Å². The maximum absolute atomic E-state index is 12.1. The van der Waals surface area contributed by atoms with Crippen molar-refractivity contribution in [3.8, 4) is 0 Å². The van der Waals surface area contributed by atoms with Crippen molar-refractivity contribution in [1.29, 1.82) is 0 Å². The molecule has 1 saturated heterocycles. The second-order valence-corrected chi connectivity index (χ2v) is 6.39. The van der Waals surface area contributed by atoms with Crippen LogP contribution in [0.4, 0.5) is 0 Å². The number of rotatable bonds is 4. The van der Waals surface area contributed by atoms with Crippen LogP contribution in [0.3, 0.4) is 0 Å². The lowest BCUT2D eigenvalue weighted by Crippen LogP contribution is -2.51. The second-order valence-electron chi connectivity index (χ2n) is 6.39. The van der Waals surface area contributed by atoms with E-state index in [2.05, 4.69) is 17.1 Å². The van der Waals surface area contributed by atoms with Gasteiger partial charge in [-0.1, -0.05) is 26.2 Å². The molecule has 4 nitrogen and oxygen atoms in total. The van der Waals surface area contributed by atoms with E-state index in [-0.39, 0.29) is 18.3 Å². The fourth-order valence-electron chi connectivity index (χ4n) is 3.46. The van der Waals surface area contributed by atoms with Gasteiger partial charge in [-0.15, -0.1) is 12.4 Å². The van der Waals surface area contributed by atoms with Crippen LogP contribution in [0, 0.1) is 5.92 Å². The first-order chi connectivity index (χ1) is 9.19. The van der Waals surface area contributed by atoms with Gasteiger partial charge in [0.1, 0.15) is 0 Å². The molecule has 5 heteroatoms. The molecular formula is C15H30ClN3O. The average Bonchev–Trinajstić information content (AvgIpc) is 2.42. The van der Waals surface area contributed by atoms with Crippen LogP contribution in [0.15, 0.2) is 0 Å². The minimum Gasteiger partial charge on any atom is -0.352 e. The number of nitrogens with two attached hydrogens (primary N) is 1. The van der Waals surface area contributed by atoms with Crippen LogP contribution in [-0.4, -0.2) is 42.5 Å². The molecule has 0 bridgehead atoms. The zero-order chi connectivity index (χ0) is 13.7. The predicted octanol–water partition coefficient (Wildman–Crippen LogP) is 1.92. The molecule has 20 heavy (non-hydrogen) atoms. The lowest BCUT2D eigenvalue weighted by Gasteiger charge is -2.37. The fraction of sp³-hybridized carbons (Fsp3) is 0.933. The van der Waals surface area contributed by atoms with E-state index < -0.39 is 0 Å². The molecule has 1 aliphatic carbocycles. The summed E-state index contributed by atoms with van der Waals surface area (Å²) >= 11 is 0. The van der Waals surface area contributed by atoms with Gasteiger partial charge < -0.3 is 11.1 Å². The maximum Gasteiger partial charge on any atom is 0.234 e. The third kappa shape index (κ3) is 5.23. The van der Waals surface area contributed by atoms with Crippen LogP contribution in [-0.2, 0) is 4.79 Å². The molecular weight excluding hydrogens is 274 g/mol. The van der Waals surface area contributed by atoms with E-state index in [0.29, 0.717) is 25.2 Å². The van der Waals surface area contributed by atoms with Gasteiger partial charge in [0.2, 0.25) is 5.91 Å². The molecule has 3 N–H and O–H groups in total. The summed E-state index contributed by atoms with van der Waals surface area (Å²) in [5, 5.41) is 3.20. The van der Waals surface area contributed by atoms with Crippen molar-refractivity contribution in [1.82, 2.24) is 10.2 Å². The molecule has 2 rings (SSSR count). The van der Waals surface area contributed by atoms with Gasteiger partial charge in [-0.25, -0.2) is 0 Å². The summed E-state index contributed by atoms with van der Waals surface area (Å²) in [5.41, 5.74) is 5.84. The molecule has 0 aromatic heterocycles. The van der Waals surface area contributed by atoms with Crippen LogP contribution in [0.2, 0.25) is 0 Å². The van der Waals surface area contributed by atoms with Gasteiger partial charge in [0.05, 0.1) is 6.54 Å². The van der Waals surface area contributed by atoms with Gasteiger partial charge in [0.15, 0.2) is 0 Å². The number of carbonyl (C=O) groups is 1. The van der Waals surface area contributed by atoms with E-state index in [4.69, 9.17) is 5.73 Å². The highest BCUT2D eigenvalue weighted by atomic mass is 35.5. The molecule has 2 aliphatic rings. The van der Waals surface area contributed by atoms with Crippen molar-refractivity contribution in [2.75, 3.05) is 19.6 Å². The summed E-state index contributed by atoms with van der Waals surface area (Å²) in [6.45, 7) is 4.50. The first-order valence-electron chi connectivity index (χ1n) is 7.92. The molecule has 118 valence electrons. The molecule has 2 unspecified atom stereocenters. The summed E-state index contributed by atoms with van der Waals surface area (Å²) in [4.78, 5) is 14.4. The Labute approximate surface area is 129 Å². The fourth-order valence-corrected chi connectivity index (χ4v) is 3.46. The van der Waals surface area contributed by atoms with Crippen LogP contribution >= 0.6 is 12.4 Å². The zero-order valence-corrected chi connectivity index (χ0v) is 13.5. The molecule has 1 aliphatic heterocycles. The predicted molar refractivity (Wildman–Crippen MR) is 85.1 cm³/mol. The number of nitrogens with one attached hydrogen (secondary N) is 1. The summed E-state index contributed by atoms with van der Waals surface area (Å²) < 4.78 is 0. The lowest BCUT2D eigenvalue weighted by molar-refractivity contribution is -0.124. The summed E-state index contributed by atoms with van der Waals surface area (Å²) in [6, 6.07) is 0.808. The van der Waals surface area contributed by atoms with Crippen molar-refractivity contribution >= 4 is 18.3 Å². The molecule has 1 saturated carbocycles. The Morgan fingerprint density at radius 3 is 2.60 bits per heavy atom. The van der Waals surface area contributed by atoms with E-state index >= 15 is 0 Å². The molecule has 0 aromatic rings. The highest BCUT2D eigenvalue weighted by molar-refractivity contribution is 5.85. The molecule has 0 aromatic carbocycles. The van der Waals surface area contributed by atoms with E-state index in [9.17, 15) is 4.79 Å². The van der Waals surface area contributed by atoms with Crippen LogP contribution in [0.25, 0.3) is 0 Å². The Balaban J connectivity index is 0.00000200. The summed E-state index contributed by atoms with van der Waals surface area (Å²) in [7, 11) is 0. The van der Waals surface area contributed by atoms with Crippen molar-refractivity contribution in [3.63, 3.8) is 0 Å². The molecule has 2 fully saturated rings. The number of nitrogens with zero attached hydrogens (tertiary/aromatic N) is 1. The standard InChI is InChI=1S/C15H29N3O.ClH/c1-12-7-8-18(14(9-12)10-16)11-15(19)17-13-5-3-2-4-6-13;/h12-14H,2-11,16H2,1H3,(H,17,19);1H. The Bertz CT molecular complexity index is 295. The van der Waals surface area contributed by atoms with Crippen LogP contribution < -0.4 is 11.1 Å². The molecule has 1 heterocycles. The normalized spacial score (nSPS) is 28.7. The Morgan fingerprint density at radius 2 is 1.95 bits per heavy atom. The molecule has 0 radical (unpaired) electrons. The molecule has 1 amide bonds. The quantitative estimate of drug-likeness (QED) is 0.834. The highest BCUT2D eigenvalue weighted by Gasteiger charge is 2.27. The summed E-state index contributed by atoms with van der Waals surface area (Å²) in [6.07, 6.45) is 8.48. The topological polar surface area (TPSA) is 58.4 Å². The summed E-state index contributed by atoms with van der Waals surface area (Å²) in [5.74, 6) is 0.936. The second kappa shape index (κ2) is 8.85.